The molecule has 5 amide bonds. The summed E-state index contributed by atoms with van der Waals surface area (Å²) in [6.07, 6.45) is -1.77. The predicted octanol–water partition coefficient (Wildman–Crippen LogP) is 3.26. The molecule has 1 aromatic carbocycles. The molecule has 4 rings (SSSR count). The molecule has 0 aliphatic carbocycles. The van der Waals surface area contributed by atoms with Gasteiger partial charge in [0.15, 0.2) is 0 Å². The van der Waals surface area contributed by atoms with E-state index in [1.807, 2.05) is 38.1 Å². The minimum absolute atomic E-state index is 0.0580. The number of benzene rings is 1. The minimum Gasteiger partial charge on any atom is -0.444 e. The molecular formula is C35H50N6O7S. The van der Waals surface area contributed by atoms with E-state index in [0.29, 0.717) is 0 Å². The summed E-state index contributed by atoms with van der Waals surface area (Å²) in [6, 6.07) is 5.50. The Kier molecular flexibility index (Phi) is 11.7. The molecule has 0 radical (unpaired) electrons. The zero-order valence-corrected chi connectivity index (χ0v) is 30.6. The number of aliphatic hydroxyl groups excluding tert-OH is 1. The first kappa shape index (κ1) is 37.8. The van der Waals surface area contributed by atoms with Gasteiger partial charge in [0, 0.05) is 39.1 Å². The Morgan fingerprint density at radius 2 is 1.59 bits per heavy atom. The molecule has 2 aliphatic heterocycles. The van der Waals surface area contributed by atoms with Crippen LogP contribution in [0.4, 0.5) is 4.79 Å². The number of aromatic nitrogens is 1. The zero-order chi connectivity index (χ0) is 36.3. The Balaban J connectivity index is 1.35. The second-order valence-electron chi connectivity index (χ2n) is 14.9. The van der Waals surface area contributed by atoms with Crippen LogP contribution < -0.4 is 10.6 Å². The Hall–Kier alpha value is -4.04. The molecule has 0 bridgehead atoms. The van der Waals surface area contributed by atoms with Crippen molar-refractivity contribution in [3.05, 3.63) is 41.0 Å². The highest BCUT2D eigenvalue weighted by atomic mass is 32.1. The molecule has 2 saturated heterocycles. The maximum absolute atomic E-state index is 14.0. The number of carbonyl (C=O) groups excluding carboxylic acids is 5. The summed E-state index contributed by atoms with van der Waals surface area (Å²) in [5, 5.41) is 16.3. The van der Waals surface area contributed by atoms with Gasteiger partial charge in [-0.1, -0.05) is 45.0 Å². The van der Waals surface area contributed by atoms with Gasteiger partial charge in [0.05, 0.1) is 28.2 Å². The molecule has 2 fully saturated rings. The number of nitrogens with zero attached hydrogens (tertiary/aromatic N) is 4. The molecule has 2 aromatic rings. The summed E-state index contributed by atoms with van der Waals surface area (Å²) >= 11 is 1.56. The first-order chi connectivity index (χ1) is 22.8. The number of hydrogen-bond acceptors (Lipinski definition) is 9. The molecule has 0 spiro atoms. The monoisotopic (exact) mass is 698 g/mol. The van der Waals surface area contributed by atoms with Gasteiger partial charge in [-0.05, 0) is 51.2 Å². The number of likely N-dealkylation sites (tertiary alicyclic amines) is 1. The number of nitrogens with one attached hydrogen (secondary N) is 2. The van der Waals surface area contributed by atoms with Crippen molar-refractivity contribution >= 4 is 41.1 Å². The van der Waals surface area contributed by atoms with Crippen molar-refractivity contribution in [1.29, 1.82) is 0 Å². The van der Waals surface area contributed by atoms with Gasteiger partial charge < -0.3 is 35.2 Å². The van der Waals surface area contributed by atoms with Crippen molar-refractivity contribution in [3.63, 3.8) is 0 Å². The Morgan fingerprint density at radius 3 is 2.14 bits per heavy atom. The third kappa shape index (κ3) is 9.78. The fourth-order valence-corrected chi connectivity index (χ4v) is 6.75. The lowest BCUT2D eigenvalue weighted by Crippen LogP contribution is -2.58. The van der Waals surface area contributed by atoms with Gasteiger partial charge in [0.2, 0.25) is 23.6 Å². The third-order valence-corrected chi connectivity index (χ3v) is 9.63. The lowest BCUT2D eigenvalue weighted by Gasteiger charge is -2.36. The van der Waals surface area contributed by atoms with E-state index in [2.05, 4.69) is 15.6 Å². The maximum atomic E-state index is 14.0. The van der Waals surface area contributed by atoms with E-state index >= 15 is 0 Å². The van der Waals surface area contributed by atoms with Gasteiger partial charge in [-0.15, -0.1) is 11.3 Å². The van der Waals surface area contributed by atoms with Crippen LogP contribution in [0.25, 0.3) is 10.4 Å². The summed E-state index contributed by atoms with van der Waals surface area (Å²) in [5.74, 6) is -1.95. The lowest BCUT2D eigenvalue weighted by atomic mass is 9.85. The van der Waals surface area contributed by atoms with E-state index < -0.39 is 65.3 Å². The molecule has 0 unspecified atom stereocenters. The van der Waals surface area contributed by atoms with E-state index in [9.17, 15) is 29.1 Å². The fourth-order valence-electron chi connectivity index (χ4n) is 5.94. The van der Waals surface area contributed by atoms with E-state index in [-0.39, 0.29) is 45.2 Å². The van der Waals surface area contributed by atoms with Crippen molar-refractivity contribution in [2.24, 2.45) is 5.41 Å². The quantitative estimate of drug-likeness (QED) is 0.354. The molecular weight excluding hydrogens is 648 g/mol. The van der Waals surface area contributed by atoms with Gasteiger partial charge in [-0.2, -0.15) is 0 Å². The number of aryl methyl sites for hydroxylation is 1. The van der Waals surface area contributed by atoms with Crippen LogP contribution in [-0.2, 0) is 23.9 Å². The Labute approximate surface area is 292 Å². The molecule has 3 N–H and O–H groups in total. The molecule has 268 valence electrons. The van der Waals surface area contributed by atoms with Crippen LogP contribution in [0.1, 0.15) is 78.6 Å². The summed E-state index contributed by atoms with van der Waals surface area (Å²) in [4.78, 5) is 75.8. The second kappa shape index (κ2) is 15.2. The predicted molar refractivity (Wildman–Crippen MR) is 185 cm³/mol. The highest BCUT2D eigenvalue weighted by molar-refractivity contribution is 7.13. The normalized spacial score (nSPS) is 19.7. The number of carbonyl (C=O) groups is 5. The molecule has 4 atom stereocenters. The van der Waals surface area contributed by atoms with E-state index in [1.165, 1.54) is 14.7 Å². The van der Waals surface area contributed by atoms with Gasteiger partial charge in [0.1, 0.15) is 24.1 Å². The van der Waals surface area contributed by atoms with E-state index in [4.69, 9.17) is 4.74 Å². The van der Waals surface area contributed by atoms with Crippen LogP contribution in [0.15, 0.2) is 29.8 Å². The van der Waals surface area contributed by atoms with Crippen LogP contribution in [0.2, 0.25) is 0 Å². The summed E-state index contributed by atoms with van der Waals surface area (Å²) < 4.78 is 5.41. The molecule has 13 nitrogen and oxygen atoms in total. The van der Waals surface area contributed by atoms with Crippen LogP contribution in [0.3, 0.4) is 0 Å². The number of aliphatic hydroxyl groups is 1. The lowest BCUT2D eigenvalue weighted by molar-refractivity contribution is -0.145. The number of hydrogen-bond donors (Lipinski definition) is 3. The number of amides is 5. The van der Waals surface area contributed by atoms with Crippen molar-refractivity contribution in [3.8, 4) is 10.4 Å². The molecule has 1 aromatic heterocycles. The number of ether oxygens (including phenoxy) is 1. The van der Waals surface area contributed by atoms with Crippen LogP contribution in [0, 0.1) is 12.3 Å². The smallest absolute Gasteiger partial charge is 0.410 e. The number of rotatable bonds is 8. The fraction of sp³-hybridized carbons (Fsp3) is 0.600. The number of piperazine rings is 1. The first-order valence-corrected chi connectivity index (χ1v) is 17.6. The zero-order valence-electron chi connectivity index (χ0n) is 29.7. The highest BCUT2D eigenvalue weighted by Gasteiger charge is 2.45. The molecule has 0 saturated carbocycles. The van der Waals surface area contributed by atoms with E-state index in [1.54, 1.807) is 58.4 Å². The molecule has 2 aliphatic rings. The first-order valence-electron chi connectivity index (χ1n) is 16.7. The van der Waals surface area contributed by atoms with Crippen molar-refractivity contribution < 1.29 is 33.8 Å². The average molecular weight is 699 g/mol. The number of thiazole rings is 1. The van der Waals surface area contributed by atoms with Gasteiger partial charge in [0.25, 0.3) is 0 Å². The Bertz CT molecular complexity index is 1520. The average Bonchev–Trinajstić information content (AvgIpc) is 3.63. The summed E-state index contributed by atoms with van der Waals surface area (Å²) in [7, 11) is 0. The molecule has 14 heteroatoms. The third-order valence-electron chi connectivity index (χ3n) is 8.66. The van der Waals surface area contributed by atoms with Gasteiger partial charge in [-0.3, -0.25) is 19.2 Å². The topological polar surface area (TPSA) is 161 Å². The van der Waals surface area contributed by atoms with Gasteiger partial charge in [-0.25, -0.2) is 9.78 Å². The summed E-state index contributed by atoms with van der Waals surface area (Å²) in [5.41, 5.74) is 3.28. The molecule has 3 heterocycles. The number of β-amino-alcohol motifs (C(OH)–C–C–N with tert-alkyl or cyclic N) is 1. The largest absolute Gasteiger partial charge is 0.444 e. The Morgan fingerprint density at radius 1 is 0.980 bits per heavy atom. The SMILES string of the molecule is Cc1ncsc1-c1ccc([C@H](C)NC(=O)[C@@H]2C[C@@H](O)CN2C(=O)[C@@H](NC(=O)CC(=O)N2CCN(C(=O)OC(C)(C)C)CC2)C(C)(C)C)cc1. The van der Waals surface area contributed by atoms with Crippen molar-refractivity contribution in [1.82, 2.24) is 30.3 Å². The minimum atomic E-state index is -1.06. The van der Waals surface area contributed by atoms with Crippen molar-refractivity contribution in [2.45, 2.75) is 98.1 Å². The highest BCUT2D eigenvalue weighted by Crippen LogP contribution is 2.29. The molecule has 49 heavy (non-hydrogen) atoms. The maximum Gasteiger partial charge on any atom is 0.410 e. The summed E-state index contributed by atoms with van der Waals surface area (Å²) in [6.45, 7) is 15.5. The van der Waals surface area contributed by atoms with Crippen LogP contribution in [0.5, 0.6) is 0 Å². The second-order valence-corrected chi connectivity index (χ2v) is 15.8. The van der Waals surface area contributed by atoms with Crippen LogP contribution >= 0.6 is 11.3 Å². The van der Waals surface area contributed by atoms with Gasteiger partial charge >= 0.3 is 6.09 Å². The standard InChI is InChI=1S/C35H50N6O7S/c1-21(23-9-11-24(12-10-23)29-22(2)36-20-49-29)37-31(45)26-17-25(42)19-41(26)32(46)30(34(3,4)5)38-27(43)18-28(44)39-13-15-40(16-14-39)33(47)48-35(6,7)8/h9-12,20-21,25-26,30,42H,13-19H2,1-8H3,(H,37,45)(H,38,43)/t21-,25+,26-,30+/m0/s1. The van der Waals surface area contributed by atoms with Crippen LogP contribution in [-0.4, -0.2) is 111 Å². The van der Waals surface area contributed by atoms with E-state index in [0.717, 1.165) is 21.7 Å². The van der Waals surface area contributed by atoms with Crippen molar-refractivity contribution in [2.75, 3.05) is 32.7 Å².